The molecule has 1 aliphatic rings. The van der Waals surface area contributed by atoms with Crippen molar-refractivity contribution >= 4 is 5.65 Å². The third-order valence-corrected chi connectivity index (χ3v) is 4.38. The molecule has 2 unspecified atom stereocenters. The van der Waals surface area contributed by atoms with Gasteiger partial charge in [-0.3, -0.25) is 9.20 Å². The van der Waals surface area contributed by atoms with Crippen LogP contribution < -0.4 is 10.9 Å². The van der Waals surface area contributed by atoms with E-state index in [4.69, 9.17) is 0 Å². The van der Waals surface area contributed by atoms with Crippen molar-refractivity contribution in [2.24, 2.45) is 11.8 Å². The standard InChI is InChI=1S/C16H21N3O/c1-12-5-4-6-13(12)10-17-11-14-9-16(20)19-8-3-2-7-15(19)18-14/h2-3,7-9,12-13,17H,4-6,10-11H2,1H3. The highest BCUT2D eigenvalue weighted by Crippen LogP contribution is 2.30. The molecule has 1 N–H and O–H groups in total. The summed E-state index contributed by atoms with van der Waals surface area (Å²) in [4.78, 5) is 16.5. The second kappa shape index (κ2) is 5.75. The maximum Gasteiger partial charge on any atom is 0.258 e. The molecule has 0 radical (unpaired) electrons. The predicted octanol–water partition coefficient (Wildman–Crippen LogP) is 2.22. The van der Waals surface area contributed by atoms with Crippen molar-refractivity contribution in [3.63, 3.8) is 0 Å². The lowest BCUT2D eigenvalue weighted by Crippen LogP contribution is -2.25. The minimum Gasteiger partial charge on any atom is -0.311 e. The average molecular weight is 271 g/mol. The van der Waals surface area contributed by atoms with Crippen molar-refractivity contribution in [3.8, 4) is 0 Å². The molecule has 2 heterocycles. The number of fused-ring (bicyclic) bond motifs is 1. The summed E-state index contributed by atoms with van der Waals surface area (Å²) < 4.78 is 1.57. The summed E-state index contributed by atoms with van der Waals surface area (Å²) in [6.07, 6.45) is 5.77. The zero-order valence-corrected chi connectivity index (χ0v) is 11.9. The van der Waals surface area contributed by atoms with E-state index in [1.54, 1.807) is 16.7 Å². The quantitative estimate of drug-likeness (QED) is 0.927. The summed E-state index contributed by atoms with van der Waals surface area (Å²) in [5.74, 6) is 1.59. The Labute approximate surface area is 118 Å². The number of aromatic nitrogens is 2. The molecule has 0 saturated heterocycles. The lowest BCUT2D eigenvalue weighted by Gasteiger charge is -2.15. The normalized spacial score (nSPS) is 22.4. The third-order valence-electron chi connectivity index (χ3n) is 4.38. The van der Waals surface area contributed by atoms with Gasteiger partial charge in [0.1, 0.15) is 5.65 Å². The molecular weight excluding hydrogens is 250 g/mol. The molecule has 2 aromatic rings. The molecule has 1 aliphatic carbocycles. The van der Waals surface area contributed by atoms with Gasteiger partial charge in [0.05, 0.1) is 5.69 Å². The van der Waals surface area contributed by atoms with E-state index in [1.165, 1.54) is 19.3 Å². The number of hydrogen-bond donors (Lipinski definition) is 1. The summed E-state index contributed by atoms with van der Waals surface area (Å²) in [6, 6.07) is 7.23. The fraction of sp³-hybridized carbons (Fsp3) is 0.500. The van der Waals surface area contributed by atoms with Crippen LogP contribution in [0.1, 0.15) is 31.9 Å². The van der Waals surface area contributed by atoms with E-state index < -0.39 is 0 Å². The smallest absolute Gasteiger partial charge is 0.258 e. The molecule has 3 rings (SSSR count). The molecule has 0 bridgehead atoms. The summed E-state index contributed by atoms with van der Waals surface area (Å²) in [7, 11) is 0. The van der Waals surface area contributed by atoms with E-state index in [0.717, 1.165) is 24.1 Å². The Morgan fingerprint density at radius 3 is 3.10 bits per heavy atom. The first kappa shape index (κ1) is 13.3. The van der Waals surface area contributed by atoms with Gasteiger partial charge in [0.15, 0.2) is 0 Å². The van der Waals surface area contributed by atoms with Gasteiger partial charge in [0, 0.05) is 18.8 Å². The number of pyridine rings is 1. The second-order valence-corrected chi connectivity index (χ2v) is 5.81. The molecular formula is C16H21N3O. The minimum atomic E-state index is -0.0124. The lowest BCUT2D eigenvalue weighted by atomic mass is 9.98. The van der Waals surface area contributed by atoms with Crippen LogP contribution in [0.25, 0.3) is 5.65 Å². The van der Waals surface area contributed by atoms with Crippen LogP contribution in [0.3, 0.4) is 0 Å². The monoisotopic (exact) mass is 271 g/mol. The fourth-order valence-electron chi connectivity index (χ4n) is 3.10. The molecule has 1 saturated carbocycles. The zero-order valence-electron chi connectivity index (χ0n) is 11.9. The van der Waals surface area contributed by atoms with Crippen LogP contribution in [0.15, 0.2) is 35.3 Å². The van der Waals surface area contributed by atoms with Gasteiger partial charge in [-0.05, 0) is 36.9 Å². The van der Waals surface area contributed by atoms with E-state index in [9.17, 15) is 4.79 Å². The topological polar surface area (TPSA) is 46.4 Å². The predicted molar refractivity (Wildman–Crippen MR) is 79.7 cm³/mol. The lowest BCUT2D eigenvalue weighted by molar-refractivity contribution is 0.391. The fourth-order valence-corrected chi connectivity index (χ4v) is 3.10. The first-order valence-electron chi connectivity index (χ1n) is 7.42. The van der Waals surface area contributed by atoms with Gasteiger partial charge in [0.25, 0.3) is 5.56 Å². The molecule has 0 aromatic carbocycles. The van der Waals surface area contributed by atoms with Crippen molar-refractivity contribution in [1.82, 2.24) is 14.7 Å². The highest BCUT2D eigenvalue weighted by molar-refractivity contribution is 5.37. The Balaban J connectivity index is 1.67. The van der Waals surface area contributed by atoms with Crippen molar-refractivity contribution < 1.29 is 0 Å². The van der Waals surface area contributed by atoms with E-state index in [1.807, 2.05) is 18.2 Å². The first-order chi connectivity index (χ1) is 9.74. The van der Waals surface area contributed by atoms with Crippen LogP contribution in [-0.4, -0.2) is 15.9 Å². The number of hydrogen-bond acceptors (Lipinski definition) is 3. The molecule has 0 spiro atoms. The van der Waals surface area contributed by atoms with Gasteiger partial charge in [0.2, 0.25) is 0 Å². The maximum atomic E-state index is 12.0. The summed E-state index contributed by atoms with van der Waals surface area (Å²) in [5.41, 5.74) is 1.53. The van der Waals surface area contributed by atoms with Crippen LogP contribution in [0, 0.1) is 11.8 Å². The molecule has 4 nitrogen and oxygen atoms in total. The molecule has 2 atom stereocenters. The molecule has 2 aromatic heterocycles. The van der Waals surface area contributed by atoms with Gasteiger partial charge in [-0.2, -0.15) is 0 Å². The average Bonchev–Trinajstić information content (AvgIpc) is 2.85. The van der Waals surface area contributed by atoms with E-state index in [0.29, 0.717) is 12.2 Å². The zero-order chi connectivity index (χ0) is 13.9. The molecule has 0 aliphatic heterocycles. The van der Waals surface area contributed by atoms with E-state index in [2.05, 4.69) is 17.2 Å². The van der Waals surface area contributed by atoms with E-state index >= 15 is 0 Å². The van der Waals surface area contributed by atoms with Gasteiger partial charge >= 0.3 is 0 Å². The number of nitrogens with one attached hydrogen (secondary N) is 1. The van der Waals surface area contributed by atoms with E-state index in [-0.39, 0.29) is 5.56 Å². The summed E-state index contributed by atoms with van der Waals surface area (Å²) >= 11 is 0. The maximum absolute atomic E-state index is 12.0. The Morgan fingerprint density at radius 2 is 2.30 bits per heavy atom. The second-order valence-electron chi connectivity index (χ2n) is 5.81. The SMILES string of the molecule is CC1CCCC1CNCc1cc(=O)n2ccccc2n1. The van der Waals surface area contributed by atoms with Crippen molar-refractivity contribution in [2.45, 2.75) is 32.7 Å². The Morgan fingerprint density at radius 1 is 1.40 bits per heavy atom. The molecule has 106 valence electrons. The van der Waals surface area contributed by atoms with Gasteiger partial charge in [-0.15, -0.1) is 0 Å². The van der Waals surface area contributed by atoms with Gasteiger partial charge in [-0.25, -0.2) is 4.98 Å². The largest absolute Gasteiger partial charge is 0.311 e. The molecule has 0 amide bonds. The van der Waals surface area contributed by atoms with Crippen molar-refractivity contribution in [3.05, 3.63) is 46.5 Å². The Bertz CT molecular complexity index is 649. The van der Waals surface area contributed by atoms with Crippen LogP contribution in [0.5, 0.6) is 0 Å². The Hall–Kier alpha value is -1.68. The van der Waals surface area contributed by atoms with Crippen LogP contribution in [0.4, 0.5) is 0 Å². The Kier molecular flexibility index (Phi) is 3.83. The molecule has 20 heavy (non-hydrogen) atoms. The molecule has 1 fully saturated rings. The summed E-state index contributed by atoms with van der Waals surface area (Å²) in [5, 5.41) is 3.46. The summed E-state index contributed by atoms with van der Waals surface area (Å²) in [6.45, 7) is 4.03. The van der Waals surface area contributed by atoms with Gasteiger partial charge in [-0.1, -0.05) is 25.8 Å². The van der Waals surface area contributed by atoms with Crippen LogP contribution in [0.2, 0.25) is 0 Å². The van der Waals surface area contributed by atoms with Gasteiger partial charge < -0.3 is 5.32 Å². The highest BCUT2D eigenvalue weighted by Gasteiger charge is 2.22. The number of rotatable bonds is 4. The highest BCUT2D eigenvalue weighted by atomic mass is 16.1. The first-order valence-corrected chi connectivity index (χ1v) is 7.42. The van der Waals surface area contributed by atoms with Crippen molar-refractivity contribution in [2.75, 3.05) is 6.54 Å². The number of nitrogens with zero attached hydrogens (tertiary/aromatic N) is 2. The van der Waals surface area contributed by atoms with Crippen LogP contribution >= 0.6 is 0 Å². The molecule has 4 heteroatoms. The third kappa shape index (κ3) is 2.75. The minimum absolute atomic E-state index is 0.0124. The van der Waals surface area contributed by atoms with Crippen LogP contribution in [-0.2, 0) is 6.54 Å². The van der Waals surface area contributed by atoms with Crippen molar-refractivity contribution in [1.29, 1.82) is 0 Å².